The van der Waals surface area contributed by atoms with E-state index in [9.17, 15) is 26.3 Å². The van der Waals surface area contributed by atoms with Gasteiger partial charge in [0.25, 0.3) is 5.95 Å². The minimum Gasteiger partial charge on any atom is -0.406 e. The molecule has 0 spiro atoms. The maximum atomic E-state index is 12.9. The number of nitrogens with zero attached hydrogens (tertiary/aromatic N) is 5. The molecule has 1 saturated heterocycles. The molecule has 216 valence electrons. The Morgan fingerprint density at radius 3 is 2.15 bits per heavy atom. The second-order valence-electron chi connectivity index (χ2n) is 10.1. The second-order valence-corrected chi connectivity index (χ2v) is 10.1. The first kappa shape index (κ1) is 28.0. The van der Waals surface area contributed by atoms with Crippen molar-refractivity contribution in [2.45, 2.75) is 69.2 Å². The number of halogens is 6. The van der Waals surface area contributed by atoms with Crippen molar-refractivity contribution in [3.05, 3.63) is 54.1 Å². The van der Waals surface area contributed by atoms with Crippen molar-refractivity contribution in [2.24, 2.45) is 0 Å². The molecule has 3 atom stereocenters. The van der Waals surface area contributed by atoms with Crippen molar-refractivity contribution < 1.29 is 31.1 Å². The van der Waals surface area contributed by atoms with E-state index in [-0.39, 0.29) is 23.9 Å². The third-order valence-corrected chi connectivity index (χ3v) is 7.23. The first-order valence-electron chi connectivity index (χ1n) is 13.1. The molecule has 2 heterocycles. The van der Waals surface area contributed by atoms with E-state index in [0.717, 1.165) is 62.9 Å². The van der Waals surface area contributed by atoms with Crippen molar-refractivity contribution in [1.29, 1.82) is 0 Å². The number of tetrazole rings is 1. The highest BCUT2D eigenvalue weighted by Gasteiger charge is 2.33. The van der Waals surface area contributed by atoms with Crippen LogP contribution >= 0.6 is 0 Å². The normalized spacial score (nSPS) is 22.2. The molecule has 2 N–H and O–H groups in total. The Bertz CT molecular complexity index is 1250. The van der Waals surface area contributed by atoms with Gasteiger partial charge in [0.15, 0.2) is 0 Å². The molecular weight excluding hydrogens is 540 g/mol. The van der Waals surface area contributed by atoms with Crippen molar-refractivity contribution in [1.82, 2.24) is 25.5 Å². The van der Waals surface area contributed by atoms with Crippen LogP contribution in [0.3, 0.4) is 0 Å². The lowest BCUT2D eigenvalue weighted by molar-refractivity contribution is -0.274. The summed E-state index contributed by atoms with van der Waals surface area (Å²) in [5, 5.41) is 19.5. The van der Waals surface area contributed by atoms with E-state index in [1.165, 1.54) is 41.2 Å². The summed E-state index contributed by atoms with van der Waals surface area (Å²) >= 11 is 0. The first-order chi connectivity index (χ1) is 19.0. The number of hydrogen-bond donors (Lipinski definition) is 2. The predicted octanol–water partition coefficient (Wildman–Crippen LogP) is 5.56. The van der Waals surface area contributed by atoms with Crippen molar-refractivity contribution >= 4 is 11.6 Å². The quantitative estimate of drug-likeness (QED) is 0.361. The third kappa shape index (κ3) is 7.14. The lowest BCUT2D eigenvalue weighted by atomic mass is 9.89. The Morgan fingerprint density at radius 2 is 1.48 bits per heavy atom. The molecule has 1 unspecified atom stereocenters. The van der Waals surface area contributed by atoms with Gasteiger partial charge in [0.1, 0.15) is 5.75 Å². The molecule has 2 aromatic carbocycles. The van der Waals surface area contributed by atoms with Gasteiger partial charge in [-0.1, -0.05) is 17.9 Å². The number of rotatable bonds is 7. The van der Waals surface area contributed by atoms with E-state index in [0.29, 0.717) is 18.2 Å². The fourth-order valence-electron chi connectivity index (χ4n) is 5.34. The van der Waals surface area contributed by atoms with E-state index < -0.39 is 18.1 Å². The Hall–Kier alpha value is -3.55. The number of nitrogens with one attached hydrogen (secondary N) is 2. The maximum Gasteiger partial charge on any atom is 0.573 e. The topological polar surface area (TPSA) is 80.1 Å². The van der Waals surface area contributed by atoms with Gasteiger partial charge < -0.3 is 20.3 Å². The number of alkyl halides is 6. The Balaban J connectivity index is 1.19. The van der Waals surface area contributed by atoms with Crippen LogP contribution in [0, 0.1) is 0 Å². The smallest absolute Gasteiger partial charge is 0.406 e. The summed E-state index contributed by atoms with van der Waals surface area (Å²) in [4.78, 5) is 3.35. The summed E-state index contributed by atoms with van der Waals surface area (Å²) in [7, 11) is 0. The Morgan fingerprint density at radius 1 is 0.800 bits per heavy atom. The molecule has 3 aromatic rings. The van der Waals surface area contributed by atoms with Gasteiger partial charge in [-0.15, -0.1) is 23.1 Å². The van der Waals surface area contributed by atoms with Crippen LogP contribution < -0.4 is 20.3 Å². The summed E-state index contributed by atoms with van der Waals surface area (Å²) in [6, 6.07) is 10.8. The Kier molecular flexibility index (Phi) is 8.06. The van der Waals surface area contributed by atoms with Gasteiger partial charge >= 0.3 is 12.5 Å². The summed E-state index contributed by atoms with van der Waals surface area (Å²) < 4.78 is 79.9. The molecule has 8 nitrogen and oxygen atoms in total. The van der Waals surface area contributed by atoms with Gasteiger partial charge in [-0.05, 0) is 79.4 Å². The van der Waals surface area contributed by atoms with E-state index in [1.807, 2.05) is 0 Å². The van der Waals surface area contributed by atoms with Gasteiger partial charge in [-0.2, -0.15) is 13.2 Å². The minimum absolute atomic E-state index is 0.0374. The Labute approximate surface area is 226 Å². The van der Waals surface area contributed by atoms with E-state index in [2.05, 4.69) is 35.7 Å². The molecule has 2 aliphatic rings. The van der Waals surface area contributed by atoms with Gasteiger partial charge in [0.05, 0.1) is 11.3 Å². The van der Waals surface area contributed by atoms with Gasteiger partial charge in [0.2, 0.25) is 0 Å². The maximum absolute atomic E-state index is 12.9. The molecule has 14 heteroatoms. The van der Waals surface area contributed by atoms with Crippen LogP contribution in [0.2, 0.25) is 0 Å². The zero-order chi connectivity index (χ0) is 28.3. The highest BCUT2D eigenvalue weighted by atomic mass is 19.4. The van der Waals surface area contributed by atoms with Crippen LogP contribution in [0.25, 0.3) is 5.69 Å². The van der Waals surface area contributed by atoms with Crippen molar-refractivity contribution in [2.75, 3.05) is 23.3 Å². The number of benzene rings is 2. The number of ether oxygens (including phenoxy) is 1. The average Bonchev–Trinajstić information content (AvgIpc) is 3.38. The molecule has 5 rings (SSSR count). The third-order valence-electron chi connectivity index (χ3n) is 7.23. The number of aromatic nitrogens is 4. The average molecular weight is 570 g/mol. The highest BCUT2D eigenvalue weighted by Crippen LogP contribution is 2.31. The van der Waals surface area contributed by atoms with Crippen molar-refractivity contribution in [3.8, 4) is 11.4 Å². The number of anilines is 2. The SMILES string of the molecule is FC(F)(F)Oc1ccc(-n2nnc(NC3CCCC[C@H]3N[C@H]3CCCN(c4ccc(C(F)(F)F)cc4)C3)n2)cc1. The molecule has 1 saturated carbocycles. The number of hydrogen-bond acceptors (Lipinski definition) is 7. The highest BCUT2D eigenvalue weighted by molar-refractivity contribution is 5.48. The molecule has 0 bridgehead atoms. The van der Waals surface area contributed by atoms with Crippen LogP contribution in [-0.2, 0) is 6.18 Å². The lowest BCUT2D eigenvalue weighted by Crippen LogP contribution is -2.55. The molecule has 0 radical (unpaired) electrons. The van der Waals surface area contributed by atoms with Gasteiger partial charge in [-0.25, -0.2) is 0 Å². The van der Waals surface area contributed by atoms with E-state index >= 15 is 0 Å². The minimum atomic E-state index is -4.77. The summed E-state index contributed by atoms with van der Waals surface area (Å²) in [6.07, 6.45) is -3.30. The van der Waals surface area contributed by atoms with Gasteiger partial charge in [-0.3, -0.25) is 0 Å². The second kappa shape index (κ2) is 11.5. The number of piperidine rings is 1. The zero-order valence-corrected chi connectivity index (χ0v) is 21.4. The summed E-state index contributed by atoms with van der Waals surface area (Å²) in [5.74, 6) is -0.0326. The monoisotopic (exact) mass is 569 g/mol. The van der Waals surface area contributed by atoms with Crippen LogP contribution in [0.5, 0.6) is 5.75 Å². The lowest BCUT2D eigenvalue weighted by Gasteiger charge is -2.40. The molecule has 40 heavy (non-hydrogen) atoms. The van der Waals surface area contributed by atoms with Gasteiger partial charge in [0, 0.05) is 36.9 Å². The summed E-state index contributed by atoms with van der Waals surface area (Å²) in [6.45, 7) is 1.48. The molecular formula is C26H29F6N7O. The molecule has 1 aromatic heterocycles. The van der Waals surface area contributed by atoms with E-state index in [4.69, 9.17) is 0 Å². The molecule has 1 aliphatic heterocycles. The first-order valence-corrected chi connectivity index (χ1v) is 13.1. The summed E-state index contributed by atoms with van der Waals surface area (Å²) in [5.41, 5.74) is 0.549. The molecule has 2 fully saturated rings. The zero-order valence-electron chi connectivity index (χ0n) is 21.4. The van der Waals surface area contributed by atoms with Crippen LogP contribution in [-0.4, -0.2) is 57.8 Å². The van der Waals surface area contributed by atoms with Crippen LogP contribution in [0.15, 0.2) is 48.5 Å². The molecule has 0 amide bonds. The van der Waals surface area contributed by atoms with Crippen LogP contribution in [0.1, 0.15) is 44.1 Å². The standard InChI is InChI=1S/C26H29F6N7O/c27-25(28,29)17-7-9-19(10-8-17)38-15-3-4-18(16-38)33-22-5-1-2-6-23(22)34-24-35-37-39(36-24)20-11-13-21(14-12-20)40-26(30,31)32/h7-14,18,22-23,33H,1-6,15-16H2,(H,34,36)/t18-,22+,23?/m0/s1. The largest absolute Gasteiger partial charge is 0.573 e. The molecule has 1 aliphatic carbocycles. The predicted molar refractivity (Wildman–Crippen MR) is 135 cm³/mol. The fraction of sp³-hybridized carbons (Fsp3) is 0.500. The fourth-order valence-corrected chi connectivity index (χ4v) is 5.34. The van der Waals surface area contributed by atoms with Crippen molar-refractivity contribution in [3.63, 3.8) is 0 Å². The van der Waals surface area contributed by atoms with Crippen LogP contribution in [0.4, 0.5) is 38.0 Å². The van der Waals surface area contributed by atoms with E-state index in [1.54, 1.807) is 0 Å².